The van der Waals surface area contributed by atoms with Gasteiger partial charge in [-0.1, -0.05) is 18.2 Å². The maximum absolute atomic E-state index is 13.6. The van der Waals surface area contributed by atoms with Crippen LogP contribution in [0.1, 0.15) is 76.8 Å². The number of hydrogen-bond acceptors (Lipinski definition) is 6. The summed E-state index contributed by atoms with van der Waals surface area (Å²) < 4.78 is 43.4. The normalized spacial score (nSPS) is 17.3. The number of amides is 3. The van der Waals surface area contributed by atoms with E-state index >= 15 is 0 Å². The van der Waals surface area contributed by atoms with Gasteiger partial charge >= 0.3 is 12.1 Å². The highest BCUT2D eigenvalue weighted by atomic mass is 32.2. The van der Waals surface area contributed by atoms with Crippen molar-refractivity contribution in [3.05, 3.63) is 65.0 Å². The predicted molar refractivity (Wildman–Crippen MR) is 170 cm³/mol. The number of aromatic nitrogens is 1. The lowest BCUT2D eigenvalue weighted by Gasteiger charge is -2.37. The molecular formula is C31H40FN5O5S2. The summed E-state index contributed by atoms with van der Waals surface area (Å²) in [6, 6.07) is 9.89. The molecule has 0 radical (unpaired) electrons. The molecule has 1 aliphatic carbocycles. The fraction of sp³-hybridized carbons (Fsp3) is 0.452. The van der Waals surface area contributed by atoms with Gasteiger partial charge in [-0.15, -0.1) is 11.3 Å². The van der Waals surface area contributed by atoms with E-state index in [1.54, 1.807) is 51.2 Å². The van der Waals surface area contributed by atoms with Crippen molar-refractivity contribution in [2.45, 2.75) is 95.3 Å². The van der Waals surface area contributed by atoms with E-state index in [0.717, 1.165) is 30.7 Å². The van der Waals surface area contributed by atoms with Crippen molar-refractivity contribution in [3.8, 4) is 10.4 Å². The third-order valence-corrected chi connectivity index (χ3v) is 10.3. The third-order valence-electron chi connectivity index (χ3n) is 7.32. The minimum Gasteiger partial charge on any atom is -0.465 e. The zero-order chi connectivity index (χ0) is 32.2. The molecular weight excluding hydrogens is 606 g/mol. The second-order valence-corrected chi connectivity index (χ2v) is 15.1. The number of benzene rings is 2. The van der Waals surface area contributed by atoms with Crippen LogP contribution in [0.25, 0.3) is 10.4 Å². The van der Waals surface area contributed by atoms with Crippen molar-refractivity contribution >= 4 is 39.2 Å². The Kier molecular flexibility index (Phi) is 10.3. The summed E-state index contributed by atoms with van der Waals surface area (Å²) in [4.78, 5) is 31.2. The van der Waals surface area contributed by atoms with Gasteiger partial charge in [0.05, 0.1) is 14.8 Å². The first-order valence-electron chi connectivity index (χ1n) is 14.6. The molecule has 44 heavy (non-hydrogen) atoms. The summed E-state index contributed by atoms with van der Waals surface area (Å²) >= 11 is 1.43. The molecule has 1 aromatic heterocycles. The van der Waals surface area contributed by atoms with Crippen molar-refractivity contribution in [1.82, 2.24) is 19.9 Å². The van der Waals surface area contributed by atoms with Gasteiger partial charge in [0.15, 0.2) is 0 Å². The smallest absolute Gasteiger partial charge is 0.407 e. The monoisotopic (exact) mass is 645 g/mol. The Balaban J connectivity index is 1.55. The third kappa shape index (κ3) is 8.54. The Hall–Kier alpha value is -3.55. The summed E-state index contributed by atoms with van der Waals surface area (Å²) in [6.07, 6.45) is 3.83. The number of hydrogen-bond donors (Lipinski definition) is 4. The SMILES string of the molecule is CC(C)N(C(=O)O)[C@H]1CC[C@H](c2ncc(-c3ccc(NC(=O)NCc4cccc(F)c4)cc3S(=O)(=O)NC(C)(C)C)s2)CC1. The molecule has 0 bridgehead atoms. The van der Waals surface area contributed by atoms with E-state index in [1.807, 2.05) is 13.8 Å². The highest BCUT2D eigenvalue weighted by Crippen LogP contribution is 2.41. The van der Waals surface area contributed by atoms with E-state index in [2.05, 4.69) is 20.3 Å². The standard InChI is InChI=1S/C31H40FN5O5S2/c1-19(2)37(30(39)40)24-12-9-21(10-13-24)28-33-18-26(43-28)25-14-11-23(16-27(25)44(41,42)36-31(3,4)5)35-29(38)34-17-20-7-6-8-22(32)15-20/h6-8,11,14-16,18-19,21,24,36H,9-10,12-13,17H2,1-5H3,(H,39,40)(H2,34,35,38)/t21-,24-. The molecule has 0 atom stereocenters. The zero-order valence-corrected chi connectivity index (χ0v) is 27.2. The quantitative estimate of drug-likeness (QED) is 0.203. The van der Waals surface area contributed by atoms with Crippen molar-refractivity contribution in [2.75, 3.05) is 5.32 Å². The molecule has 3 aromatic rings. The molecule has 0 aliphatic heterocycles. The van der Waals surface area contributed by atoms with Crippen LogP contribution in [-0.2, 0) is 16.6 Å². The van der Waals surface area contributed by atoms with Gasteiger partial charge < -0.3 is 20.6 Å². The van der Waals surface area contributed by atoms with Gasteiger partial charge in [0, 0.05) is 47.5 Å². The molecule has 4 rings (SSSR count). The first kappa shape index (κ1) is 33.3. The van der Waals surface area contributed by atoms with Crippen LogP contribution in [0.3, 0.4) is 0 Å². The van der Waals surface area contributed by atoms with Gasteiger partial charge in [-0.3, -0.25) is 0 Å². The number of thiazole rings is 1. The first-order chi connectivity index (χ1) is 20.6. The van der Waals surface area contributed by atoms with E-state index in [1.165, 1.54) is 34.4 Å². The number of rotatable bonds is 9. The Morgan fingerprint density at radius 3 is 2.43 bits per heavy atom. The minimum atomic E-state index is -4.01. The minimum absolute atomic E-state index is 0.00305. The topological polar surface area (TPSA) is 141 Å². The Morgan fingerprint density at radius 1 is 1.11 bits per heavy atom. The molecule has 1 saturated carbocycles. The van der Waals surface area contributed by atoms with Crippen LogP contribution < -0.4 is 15.4 Å². The molecule has 13 heteroatoms. The van der Waals surface area contributed by atoms with Gasteiger partial charge in [0.1, 0.15) is 5.82 Å². The predicted octanol–water partition coefficient (Wildman–Crippen LogP) is 6.76. The second kappa shape index (κ2) is 13.6. The number of halogens is 1. The molecule has 0 saturated heterocycles. The number of nitrogens with one attached hydrogen (secondary N) is 3. The van der Waals surface area contributed by atoms with Gasteiger partial charge in [-0.25, -0.2) is 32.1 Å². The second-order valence-electron chi connectivity index (χ2n) is 12.4. The van der Waals surface area contributed by atoms with Crippen molar-refractivity contribution in [1.29, 1.82) is 0 Å². The van der Waals surface area contributed by atoms with Crippen LogP contribution in [0.15, 0.2) is 53.6 Å². The van der Waals surface area contributed by atoms with Gasteiger partial charge in [0.2, 0.25) is 10.0 Å². The molecule has 0 unspecified atom stereocenters. The number of carboxylic acid groups (broad SMARTS) is 1. The van der Waals surface area contributed by atoms with Crippen LogP contribution >= 0.6 is 11.3 Å². The lowest BCUT2D eigenvalue weighted by molar-refractivity contribution is 0.0906. The number of sulfonamides is 1. The molecule has 0 spiro atoms. The van der Waals surface area contributed by atoms with Crippen LogP contribution in [-0.4, -0.2) is 53.2 Å². The Labute approximate surface area is 262 Å². The van der Waals surface area contributed by atoms with Crippen molar-refractivity contribution in [2.24, 2.45) is 0 Å². The Morgan fingerprint density at radius 2 is 1.82 bits per heavy atom. The average molecular weight is 646 g/mol. The number of carbonyl (C=O) groups is 2. The van der Waals surface area contributed by atoms with E-state index < -0.39 is 33.5 Å². The van der Waals surface area contributed by atoms with Crippen molar-refractivity contribution < 1.29 is 27.5 Å². The fourth-order valence-electron chi connectivity index (χ4n) is 5.49. The maximum Gasteiger partial charge on any atom is 0.407 e. The van der Waals surface area contributed by atoms with Gasteiger partial charge in [-0.2, -0.15) is 0 Å². The molecule has 4 N–H and O–H groups in total. The van der Waals surface area contributed by atoms with Crippen LogP contribution in [0.5, 0.6) is 0 Å². The van der Waals surface area contributed by atoms with Crippen LogP contribution in [0.2, 0.25) is 0 Å². The molecule has 1 fully saturated rings. The Bertz CT molecular complexity index is 1590. The molecule has 1 aliphatic rings. The fourth-order valence-corrected chi connectivity index (χ4v) is 8.35. The zero-order valence-electron chi connectivity index (χ0n) is 25.6. The highest BCUT2D eigenvalue weighted by molar-refractivity contribution is 7.89. The van der Waals surface area contributed by atoms with E-state index in [-0.39, 0.29) is 35.1 Å². The number of nitrogens with zero attached hydrogens (tertiary/aromatic N) is 2. The van der Waals surface area contributed by atoms with Crippen molar-refractivity contribution in [3.63, 3.8) is 0 Å². The van der Waals surface area contributed by atoms with E-state index in [0.29, 0.717) is 16.0 Å². The first-order valence-corrected chi connectivity index (χ1v) is 16.9. The average Bonchev–Trinajstić information content (AvgIpc) is 3.41. The summed E-state index contributed by atoms with van der Waals surface area (Å²) in [5, 5.41) is 15.9. The summed E-state index contributed by atoms with van der Waals surface area (Å²) in [7, 11) is -4.01. The molecule has 2 aromatic carbocycles. The number of carbonyl (C=O) groups excluding carboxylic acids is 1. The lowest BCUT2D eigenvalue weighted by atomic mass is 9.85. The number of anilines is 1. The van der Waals surface area contributed by atoms with E-state index in [4.69, 9.17) is 0 Å². The van der Waals surface area contributed by atoms with Crippen LogP contribution in [0, 0.1) is 5.82 Å². The van der Waals surface area contributed by atoms with Crippen LogP contribution in [0.4, 0.5) is 19.7 Å². The molecule has 1 heterocycles. The highest BCUT2D eigenvalue weighted by Gasteiger charge is 2.32. The lowest BCUT2D eigenvalue weighted by Crippen LogP contribution is -2.45. The van der Waals surface area contributed by atoms with Gasteiger partial charge in [0.25, 0.3) is 0 Å². The summed E-state index contributed by atoms with van der Waals surface area (Å²) in [5.74, 6) is -0.250. The maximum atomic E-state index is 13.6. The number of urea groups is 1. The largest absolute Gasteiger partial charge is 0.465 e. The molecule has 10 nitrogen and oxygen atoms in total. The van der Waals surface area contributed by atoms with E-state index in [9.17, 15) is 27.5 Å². The summed E-state index contributed by atoms with van der Waals surface area (Å²) in [5.41, 5.74) is 0.568. The van der Waals surface area contributed by atoms with Gasteiger partial charge in [-0.05, 0) is 90.1 Å². The molecule has 3 amide bonds. The molecule has 238 valence electrons. The summed E-state index contributed by atoms with van der Waals surface area (Å²) in [6.45, 7) is 9.10.